The van der Waals surface area contributed by atoms with Crippen LogP contribution in [0, 0.1) is 5.92 Å². The lowest BCUT2D eigenvalue weighted by molar-refractivity contribution is 0.632. The third-order valence-electron chi connectivity index (χ3n) is 3.15. The van der Waals surface area contributed by atoms with Gasteiger partial charge in [-0.05, 0) is 48.6 Å². The number of thioether (sulfide) groups is 1. The van der Waals surface area contributed by atoms with Gasteiger partial charge in [-0.25, -0.2) is 0 Å². The van der Waals surface area contributed by atoms with E-state index in [1.807, 2.05) is 11.8 Å². The first-order valence-corrected chi connectivity index (χ1v) is 8.57. The maximum atomic E-state index is 3.69. The predicted molar refractivity (Wildman–Crippen MR) is 84.2 cm³/mol. The highest BCUT2D eigenvalue weighted by Crippen LogP contribution is 2.27. The lowest BCUT2D eigenvalue weighted by Crippen LogP contribution is -2.15. The van der Waals surface area contributed by atoms with Gasteiger partial charge in [-0.3, -0.25) is 0 Å². The molecular formula is C15H22BrNS. The largest absolute Gasteiger partial charge is 0.310 e. The van der Waals surface area contributed by atoms with Crippen molar-refractivity contribution >= 4 is 27.7 Å². The molecule has 0 radical (unpaired) electrons. The van der Waals surface area contributed by atoms with Crippen LogP contribution in [-0.2, 0) is 6.54 Å². The molecule has 1 nitrogen and oxygen atoms in total. The van der Waals surface area contributed by atoms with E-state index in [9.17, 15) is 0 Å². The Kier molecular flexibility index (Phi) is 5.58. The molecule has 1 fully saturated rings. The third-order valence-corrected chi connectivity index (χ3v) is 4.91. The summed E-state index contributed by atoms with van der Waals surface area (Å²) in [7, 11) is 0. The van der Waals surface area contributed by atoms with Gasteiger partial charge in [-0.15, -0.1) is 11.8 Å². The van der Waals surface area contributed by atoms with Crippen molar-refractivity contribution in [1.29, 1.82) is 0 Å². The van der Waals surface area contributed by atoms with Crippen molar-refractivity contribution in [3.05, 3.63) is 28.2 Å². The normalized spacial score (nSPS) is 15.3. The molecule has 1 aromatic rings. The number of hydrogen-bond donors (Lipinski definition) is 1. The van der Waals surface area contributed by atoms with Gasteiger partial charge in [0.15, 0.2) is 0 Å². The zero-order valence-electron chi connectivity index (χ0n) is 11.2. The summed E-state index contributed by atoms with van der Waals surface area (Å²) in [4.78, 5) is 1.37. The van der Waals surface area contributed by atoms with Crippen LogP contribution in [0.1, 0.15) is 38.7 Å². The molecule has 0 amide bonds. The quantitative estimate of drug-likeness (QED) is 0.719. The molecule has 1 saturated carbocycles. The first-order chi connectivity index (χ1) is 8.65. The van der Waals surface area contributed by atoms with E-state index >= 15 is 0 Å². The van der Waals surface area contributed by atoms with Gasteiger partial charge < -0.3 is 5.32 Å². The standard InChI is InChI=1S/C15H22BrNS/c1-11(2)7-8-18-14-6-3-12(15(16)9-14)10-17-13-4-5-13/h3,6,9,11,13,17H,4-5,7-8,10H2,1-2H3. The molecule has 3 heteroatoms. The second-order valence-corrected chi connectivity index (χ2v) is 7.46. The van der Waals surface area contributed by atoms with E-state index in [0.29, 0.717) is 0 Å². The topological polar surface area (TPSA) is 12.0 Å². The second-order valence-electron chi connectivity index (χ2n) is 5.44. The van der Waals surface area contributed by atoms with Gasteiger partial charge in [-0.2, -0.15) is 0 Å². The summed E-state index contributed by atoms with van der Waals surface area (Å²) in [5.74, 6) is 2.01. The fourth-order valence-electron chi connectivity index (χ4n) is 1.72. The molecule has 0 aromatic heterocycles. The maximum absolute atomic E-state index is 3.69. The summed E-state index contributed by atoms with van der Waals surface area (Å²) in [5.41, 5.74) is 1.37. The molecule has 0 heterocycles. The molecular weight excluding hydrogens is 306 g/mol. The van der Waals surface area contributed by atoms with E-state index in [4.69, 9.17) is 0 Å². The molecule has 100 valence electrons. The summed E-state index contributed by atoms with van der Waals surface area (Å²) in [6, 6.07) is 7.53. The van der Waals surface area contributed by atoms with Crippen LogP contribution in [0.3, 0.4) is 0 Å². The Labute approximate surface area is 123 Å². The number of hydrogen-bond acceptors (Lipinski definition) is 2. The van der Waals surface area contributed by atoms with Gasteiger partial charge >= 0.3 is 0 Å². The van der Waals surface area contributed by atoms with Crippen LogP contribution in [0.25, 0.3) is 0 Å². The van der Waals surface area contributed by atoms with Crippen molar-refractivity contribution in [2.45, 2.75) is 50.6 Å². The highest BCUT2D eigenvalue weighted by molar-refractivity contribution is 9.10. The minimum Gasteiger partial charge on any atom is -0.310 e. The van der Waals surface area contributed by atoms with Crippen molar-refractivity contribution in [2.24, 2.45) is 5.92 Å². The SMILES string of the molecule is CC(C)CCSc1ccc(CNC2CC2)c(Br)c1. The summed E-state index contributed by atoms with van der Waals surface area (Å²) in [5, 5.41) is 3.55. The average molecular weight is 328 g/mol. The molecule has 18 heavy (non-hydrogen) atoms. The van der Waals surface area contributed by atoms with E-state index in [1.54, 1.807) is 0 Å². The molecule has 0 aliphatic heterocycles. The van der Waals surface area contributed by atoms with Crippen LogP contribution in [0.15, 0.2) is 27.6 Å². The molecule has 0 bridgehead atoms. The van der Waals surface area contributed by atoms with Crippen LogP contribution in [0.5, 0.6) is 0 Å². The molecule has 0 unspecified atom stereocenters. The minimum atomic E-state index is 0.775. The number of rotatable bonds is 7. The van der Waals surface area contributed by atoms with E-state index in [1.165, 1.54) is 39.9 Å². The Morgan fingerprint density at radius 2 is 2.17 bits per heavy atom. The van der Waals surface area contributed by atoms with Crippen LogP contribution in [-0.4, -0.2) is 11.8 Å². The van der Waals surface area contributed by atoms with Crippen molar-refractivity contribution < 1.29 is 0 Å². The molecule has 0 atom stereocenters. The van der Waals surface area contributed by atoms with Crippen molar-refractivity contribution in [3.63, 3.8) is 0 Å². The fourth-order valence-corrected chi connectivity index (χ4v) is 3.58. The van der Waals surface area contributed by atoms with Crippen molar-refractivity contribution in [3.8, 4) is 0 Å². The Balaban J connectivity index is 1.83. The zero-order valence-corrected chi connectivity index (χ0v) is 13.6. The average Bonchev–Trinajstić information content (AvgIpc) is 3.11. The van der Waals surface area contributed by atoms with Crippen molar-refractivity contribution in [2.75, 3.05) is 5.75 Å². The van der Waals surface area contributed by atoms with Gasteiger partial charge in [0, 0.05) is 22.0 Å². The molecule has 1 aliphatic rings. The number of halogens is 1. The lowest BCUT2D eigenvalue weighted by Gasteiger charge is -2.09. The van der Waals surface area contributed by atoms with Gasteiger partial charge in [0.2, 0.25) is 0 Å². The number of nitrogens with one attached hydrogen (secondary N) is 1. The van der Waals surface area contributed by atoms with Gasteiger partial charge in [-0.1, -0.05) is 35.8 Å². The summed E-state index contributed by atoms with van der Waals surface area (Å²) >= 11 is 5.64. The summed E-state index contributed by atoms with van der Waals surface area (Å²) in [6.07, 6.45) is 3.98. The molecule has 1 N–H and O–H groups in total. The van der Waals surface area contributed by atoms with E-state index in [0.717, 1.165) is 18.5 Å². The van der Waals surface area contributed by atoms with E-state index < -0.39 is 0 Å². The fraction of sp³-hybridized carbons (Fsp3) is 0.600. The first-order valence-electron chi connectivity index (χ1n) is 6.80. The Morgan fingerprint density at radius 1 is 1.39 bits per heavy atom. The Bertz CT molecular complexity index is 388. The summed E-state index contributed by atoms with van der Waals surface area (Å²) in [6.45, 7) is 5.55. The zero-order chi connectivity index (χ0) is 13.0. The smallest absolute Gasteiger partial charge is 0.0231 e. The van der Waals surface area contributed by atoms with Crippen LogP contribution in [0.4, 0.5) is 0 Å². The van der Waals surface area contributed by atoms with E-state index in [-0.39, 0.29) is 0 Å². The predicted octanol–water partition coefficient (Wildman–Crippen LogP) is 4.84. The van der Waals surface area contributed by atoms with Crippen LogP contribution >= 0.6 is 27.7 Å². The second kappa shape index (κ2) is 6.97. The van der Waals surface area contributed by atoms with Gasteiger partial charge in [0.1, 0.15) is 0 Å². The van der Waals surface area contributed by atoms with Gasteiger partial charge in [0.05, 0.1) is 0 Å². The van der Waals surface area contributed by atoms with E-state index in [2.05, 4.69) is 53.3 Å². The van der Waals surface area contributed by atoms with Crippen LogP contribution < -0.4 is 5.32 Å². The lowest BCUT2D eigenvalue weighted by atomic mass is 10.2. The maximum Gasteiger partial charge on any atom is 0.0231 e. The molecule has 1 aliphatic carbocycles. The minimum absolute atomic E-state index is 0.775. The molecule has 2 rings (SSSR count). The Hall–Kier alpha value is 0.01000. The molecule has 1 aromatic carbocycles. The van der Waals surface area contributed by atoms with Crippen molar-refractivity contribution in [1.82, 2.24) is 5.32 Å². The molecule has 0 spiro atoms. The van der Waals surface area contributed by atoms with Gasteiger partial charge in [0.25, 0.3) is 0 Å². The highest BCUT2D eigenvalue weighted by Gasteiger charge is 2.20. The first kappa shape index (κ1) is 14.4. The Morgan fingerprint density at radius 3 is 2.78 bits per heavy atom. The third kappa shape index (κ3) is 4.94. The summed E-state index contributed by atoms with van der Waals surface area (Å²) < 4.78 is 1.24. The molecule has 0 saturated heterocycles. The van der Waals surface area contributed by atoms with Crippen LogP contribution in [0.2, 0.25) is 0 Å². The number of benzene rings is 1. The highest BCUT2D eigenvalue weighted by atomic mass is 79.9. The monoisotopic (exact) mass is 327 g/mol.